The summed E-state index contributed by atoms with van der Waals surface area (Å²) in [6, 6.07) is 3.22. The largest absolute Gasteiger partial charge is 0.490 e. The lowest BCUT2D eigenvalue weighted by Crippen LogP contribution is -2.13. The number of hydrogen-bond acceptors (Lipinski definition) is 7. The van der Waals surface area contributed by atoms with Gasteiger partial charge in [0.15, 0.2) is 11.5 Å². The Bertz CT molecular complexity index is 672. The Hall–Kier alpha value is -2.77. The third kappa shape index (κ3) is 4.15. The van der Waals surface area contributed by atoms with Crippen molar-refractivity contribution in [2.24, 2.45) is 0 Å². The van der Waals surface area contributed by atoms with Gasteiger partial charge in [-0.3, -0.25) is 10.1 Å². The van der Waals surface area contributed by atoms with Crippen LogP contribution in [0.5, 0.6) is 17.2 Å². The van der Waals surface area contributed by atoms with Crippen LogP contribution >= 0.6 is 0 Å². The number of nitrogens with one attached hydrogen (secondary N) is 1. The molecule has 8 heteroatoms. The molecular formula is C16H21N3O5. The zero-order chi connectivity index (χ0) is 17.5. The molecular weight excluding hydrogens is 314 g/mol. The molecule has 0 unspecified atom stereocenters. The maximum Gasteiger partial charge on any atom is 0.322 e. The summed E-state index contributed by atoms with van der Waals surface area (Å²) in [6.07, 6.45) is 0. The fraction of sp³-hybridized carbons (Fsp3) is 0.438. The number of benzene rings is 1. The lowest BCUT2D eigenvalue weighted by Gasteiger charge is -2.16. The molecule has 1 aromatic heterocycles. The molecule has 0 saturated carbocycles. The molecule has 0 saturated heterocycles. The van der Waals surface area contributed by atoms with Gasteiger partial charge in [-0.25, -0.2) is 0 Å². The topological polar surface area (TPSA) is 95.7 Å². The van der Waals surface area contributed by atoms with E-state index in [9.17, 15) is 4.79 Å². The quantitative estimate of drug-likeness (QED) is 0.792. The number of amides is 1. The van der Waals surface area contributed by atoms with E-state index in [2.05, 4.69) is 15.5 Å². The molecule has 1 N–H and O–H groups in total. The molecule has 0 spiro atoms. The third-order valence-corrected chi connectivity index (χ3v) is 2.92. The van der Waals surface area contributed by atoms with Crippen LogP contribution in [0.25, 0.3) is 0 Å². The van der Waals surface area contributed by atoms with Gasteiger partial charge in [0, 0.05) is 12.5 Å². The van der Waals surface area contributed by atoms with Crippen molar-refractivity contribution in [1.82, 2.24) is 10.2 Å². The second kappa shape index (κ2) is 8.19. The van der Waals surface area contributed by atoms with Crippen molar-refractivity contribution in [3.05, 3.63) is 23.6 Å². The summed E-state index contributed by atoms with van der Waals surface area (Å²) >= 11 is 0. The molecule has 0 aliphatic rings. The molecule has 0 aliphatic carbocycles. The summed E-state index contributed by atoms with van der Waals surface area (Å²) in [4.78, 5) is 12.4. The number of nitrogens with zero attached hydrogens (tertiary/aromatic N) is 2. The number of carbonyl (C=O) groups excluding carboxylic acids is 1. The van der Waals surface area contributed by atoms with Gasteiger partial charge in [0.05, 0.1) is 19.8 Å². The van der Waals surface area contributed by atoms with E-state index in [1.54, 1.807) is 19.1 Å². The van der Waals surface area contributed by atoms with Crippen LogP contribution in [-0.2, 0) is 0 Å². The molecule has 24 heavy (non-hydrogen) atoms. The molecule has 1 amide bonds. The SMILES string of the molecule is CCOc1cc(C(=O)Nc2nnc(C)o2)cc(OCC)c1OCC. The standard InChI is InChI=1S/C16H21N3O5/c1-5-21-12-8-11(9-13(22-6-2)14(12)23-7-3)15(20)17-16-19-18-10(4)24-16/h8-9H,5-7H2,1-4H3,(H,17,19,20). The average Bonchev–Trinajstić information content (AvgIpc) is 2.95. The van der Waals surface area contributed by atoms with Gasteiger partial charge >= 0.3 is 6.01 Å². The highest BCUT2D eigenvalue weighted by atomic mass is 16.5. The maximum atomic E-state index is 12.4. The number of carbonyl (C=O) groups is 1. The highest BCUT2D eigenvalue weighted by Crippen LogP contribution is 2.39. The van der Waals surface area contributed by atoms with Crippen molar-refractivity contribution in [2.45, 2.75) is 27.7 Å². The van der Waals surface area contributed by atoms with Crippen LogP contribution in [0.15, 0.2) is 16.5 Å². The molecule has 1 aromatic carbocycles. The highest BCUT2D eigenvalue weighted by molar-refractivity contribution is 6.04. The number of aromatic nitrogens is 2. The summed E-state index contributed by atoms with van der Waals surface area (Å²) in [5, 5.41) is 9.94. The van der Waals surface area contributed by atoms with E-state index in [1.165, 1.54) is 0 Å². The lowest BCUT2D eigenvalue weighted by molar-refractivity contribution is 0.102. The number of ether oxygens (including phenoxy) is 3. The first-order valence-electron chi connectivity index (χ1n) is 7.76. The van der Waals surface area contributed by atoms with Gasteiger partial charge in [-0.15, -0.1) is 5.10 Å². The van der Waals surface area contributed by atoms with E-state index in [0.717, 1.165) is 0 Å². The average molecular weight is 335 g/mol. The molecule has 0 fully saturated rings. The second-order valence-electron chi connectivity index (χ2n) is 4.68. The molecule has 1 heterocycles. The van der Waals surface area contributed by atoms with E-state index in [4.69, 9.17) is 18.6 Å². The zero-order valence-corrected chi connectivity index (χ0v) is 14.2. The predicted molar refractivity (Wildman–Crippen MR) is 86.9 cm³/mol. The smallest absolute Gasteiger partial charge is 0.322 e. The van der Waals surface area contributed by atoms with Crippen molar-refractivity contribution in [2.75, 3.05) is 25.1 Å². The Morgan fingerprint density at radius 2 is 1.62 bits per heavy atom. The van der Waals surface area contributed by atoms with Crippen LogP contribution in [0, 0.1) is 6.92 Å². The molecule has 0 bridgehead atoms. The Morgan fingerprint density at radius 1 is 1.04 bits per heavy atom. The van der Waals surface area contributed by atoms with Gasteiger partial charge in [-0.1, -0.05) is 5.10 Å². The molecule has 0 radical (unpaired) electrons. The Balaban J connectivity index is 2.35. The second-order valence-corrected chi connectivity index (χ2v) is 4.68. The molecule has 2 aromatic rings. The van der Waals surface area contributed by atoms with Crippen molar-refractivity contribution < 1.29 is 23.4 Å². The van der Waals surface area contributed by atoms with Crippen molar-refractivity contribution in [3.63, 3.8) is 0 Å². The lowest BCUT2D eigenvalue weighted by atomic mass is 10.1. The fourth-order valence-electron chi connectivity index (χ4n) is 2.04. The van der Waals surface area contributed by atoms with E-state index in [0.29, 0.717) is 48.5 Å². The predicted octanol–water partition coefficient (Wildman–Crippen LogP) is 2.83. The first-order chi connectivity index (χ1) is 11.6. The zero-order valence-electron chi connectivity index (χ0n) is 14.2. The van der Waals surface area contributed by atoms with Gasteiger partial charge < -0.3 is 18.6 Å². The summed E-state index contributed by atoms with van der Waals surface area (Å²) in [7, 11) is 0. The maximum absolute atomic E-state index is 12.4. The van der Waals surface area contributed by atoms with E-state index in [-0.39, 0.29) is 6.01 Å². The Kier molecular flexibility index (Phi) is 6.00. The molecule has 8 nitrogen and oxygen atoms in total. The summed E-state index contributed by atoms with van der Waals surface area (Å²) in [5.74, 6) is 1.31. The van der Waals surface area contributed by atoms with Gasteiger partial charge in [0.2, 0.25) is 11.6 Å². The minimum Gasteiger partial charge on any atom is -0.490 e. The van der Waals surface area contributed by atoms with Crippen LogP contribution in [0.4, 0.5) is 6.01 Å². The number of hydrogen-bond donors (Lipinski definition) is 1. The summed E-state index contributed by atoms with van der Waals surface area (Å²) in [6.45, 7) is 8.52. The van der Waals surface area contributed by atoms with Gasteiger partial charge in [-0.05, 0) is 32.9 Å². The van der Waals surface area contributed by atoms with Crippen molar-refractivity contribution >= 4 is 11.9 Å². The van der Waals surface area contributed by atoms with Crippen LogP contribution in [0.2, 0.25) is 0 Å². The van der Waals surface area contributed by atoms with E-state index < -0.39 is 5.91 Å². The number of aryl methyl sites for hydroxylation is 1. The Morgan fingerprint density at radius 3 is 2.08 bits per heavy atom. The first-order valence-corrected chi connectivity index (χ1v) is 7.76. The van der Waals surface area contributed by atoms with Crippen molar-refractivity contribution in [1.29, 1.82) is 0 Å². The van der Waals surface area contributed by atoms with Crippen molar-refractivity contribution in [3.8, 4) is 17.2 Å². The van der Waals surface area contributed by atoms with Crippen LogP contribution in [0.1, 0.15) is 37.0 Å². The molecule has 0 atom stereocenters. The van der Waals surface area contributed by atoms with Crippen LogP contribution < -0.4 is 19.5 Å². The van der Waals surface area contributed by atoms with E-state index >= 15 is 0 Å². The van der Waals surface area contributed by atoms with Gasteiger partial charge in [-0.2, -0.15) is 0 Å². The van der Waals surface area contributed by atoms with E-state index in [1.807, 2.05) is 20.8 Å². The normalized spacial score (nSPS) is 10.3. The first kappa shape index (κ1) is 17.6. The minimum absolute atomic E-state index is 0.0299. The molecule has 0 aliphatic heterocycles. The third-order valence-electron chi connectivity index (χ3n) is 2.92. The summed E-state index contributed by atoms with van der Waals surface area (Å²) < 4.78 is 21.9. The minimum atomic E-state index is -0.413. The summed E-state index contributed by atoms with van der Waals surface area (Å²) in [5.41, 5.74) is 0.334. The fourth-order valence-corrected chi connectivity index (χ4v) is 2.04. The highest BCUT2D eigenvalue weighted by Gasteiger charge is 2.19. The van der Waals surface area contributed by atoms with Crippen LogP contribution in [0.3, 0.4) is 0 Å². The van der Waals surface area contributed by atoms with Gasteiger partial charge in [0.1, 0.15) is 0 Å². The molecule has 2 rings (SSSR count). The number of anilines is 1. The monoisotopic (exact) mass is 335 g/mol. The van der Waals surface area contributed by atoms with Gasteiger partial charge in [0.25, 0.3) is 5.91 Å². The Labute approximate surface area is 140 Å². The number of rotatable bonds is 8. The van der Waals surface area contributed by atoms with Crippen LogP contribution in [-0.4, -0.2) is 35.9 Å². The molecule has 130 valence electrons.